The van der Waals surface area contributed by atoms with E-state index in [2.05, 4.69) is 10.3 Å². The summed E-state index contributed by atoms with van der Waals surface area (Å²) in [6.07, 6.45) is -0.151. The van der Waals surface area contributed by atoms with Crippen LogP contribution in [0.5, 0.6) is 0 Å². The molecule has 0 atom stereocenters. The third kappa shape index (κ3) is 2.58. The van der Waals surface area contributed by atoms with Gasteiger partial charge in [-0.25, -0.2) is 4.98 Å². The fourth-order valence-corrected chi connectivity index (χ4v) is 3.21. The number of carboxylic acid groups (broad SMARTS) is 1. The molecule has 0 radical (unpaired) electrons. The fourth-order valence-electron chi connectivity index (χ4n) is 2.28. The minimum absolute atomic E-state index is 0.151. The van der Waals surface area contributed by atoms with Crippen molar-refractivity contribution in [3.63, 3.8) is 0 Å². The summed E-state index contributed by atoms with van der Waals surface area (Å²) in [7, 11) is 0. The van der Waals surface area contributed by atoms with Gasteiger partial charge < -0.3 is 10.4 Å². The maximum absolute atomic E-state index is 12.5. The summed E-state index contributed by atoms with van der Waals surface area (Å²) in [4.78, 5) is 28.4. The van der Waals surface area contributed by atoms with Gasteiger partial charge in [-0.3, -0.25) is 14.0 Å². The number of anilines is 1. The van der Waals surface area contributed by atoms with Crippen molar-refractivity contribution in [3.8, 4) is 0 Å². The number of hydrogen-bond acceptors (Lipinski definition) is 4. The molecule has 0 spiro atoms. The number of rotatable bonds is 4. The SMILES string of the molecule is Cc1nc2scc(CC(=O)O)n2c1C(=O)Nc1ccccc1. The van der Waals surface area contributed by atoms with E-state index in [0.29, 0.717) is 27.7 Å². The molecule has 2 N–H and O–H groups in total. The number of imidazole rings is 1. The Hall–Kier alpha value is -2.67. The molecule has 0 saturated carbocycles. The Kier molecular flexibility index (Phi) is 3.64. The Labute approximate surface area is 130 Å². The minimum atomic E-state index is -0.944. The van der Waals surface area contributed by atoms with Crippen LogP contribution in [0.15, 0.2) is 35.7 Å². The number of para-hydroxylation sites is 1. The first-order valence-corrected chi connectivity index (χ1v) is 7.48. The molecule has 0 saturated heterocycles. The molecule has 7 heteroatoms. The summed E-state index contributed by atoms with van der Waals surface area (Å²) in [5.41, 5.74) is 2.17. The monoisotopic (exact) mass is 315 g/mol. The van der Waals surface area contributed by atoms with E-state index in [1.54, 1.807) is 28.8 Å². The average Bonchev–Trinajstić information content (AvgIpc) is 2.98. The zero-order valence-electron chi connectivity index (χ0n) is 11.7. The first-order chi connectivity index (χ1) is 10.6. The highest BCUT2D eigenvalue weighted by Crippen LogP contribution is 2.22. The molecule has 22 heavy (non-hydrogen) atoms. The van der Waals surface area contributed by atoms with Crippen LogP contribution in [0.4, 0.5) is 5.69 Å². The van der Waals surface area contributed by atoms with Gasteiger partial charge in [0.1, 0.15) is 5.69 Å². The van der Waals surface area contributed by atoms with Gasteiger partial charge in [0.2, 0.25) is 0 Å². The Balaban J connectivity index is 2.02. The second-order valence-electron chi connectivity index (χ2n) is 4.78. The molecule has 0 fully saturated rings. The number of carboxylic acids is 1. The smallest absolute Gasteiger partial charge is 0.309 e. The van der Waals surface area contributed by atoms with E-state index in [1.807, 2.05) is 18.2 Å². The number of thiazole rings is 1. The van der Waals surface area contributed by atoms with Gasteiger partial charge in [0, 0.05) is 16.8 Å². The van der Waals surface area contributed by atoms with Crippen molar-refractivity contribution in [3.05, 3.63) is 52.8 Å². The lowest BCUT2D eigenvalue weighted by Gasteiger charge is -2.06. The maximum atomic E-state index is 12.5. The van der Waals surface area contributed by atoms with Crippen LogP contribution in [0.25, 0.3) is 4.96 Å². The molecular formula is C15H13N3O3S. The second kappa shape index (κ2) is 5.61. The summed E-state index contributed by atoms with van der Waals surface area (Å²) in [5, 5.41) is 13.5. The van der Waals surface area contributed by atoms with Crippen molar-refractivity contribution in [1.82, 2.24) is 9.38 Å². The molecule has 0 bridgehead atoms. The predicted octanol–water partition coefficient (Wildman–Crippen LogP) is 2.58. The molecule has 0 aliphatic carbocycles. The lowest BCUT2D eigenvalue weighted by molar-refractivity contribution is -0.136. The number of aliphatic carboxylic acids is 1. The Morgan fingerprint density at radius 1 is 1.32 bits per heavy atom. The van der Waals surface area contributed by atoms with Crippen LogP contribution in [0, 0.1) is 6.92 Å². The van der Waals surface area contributed by atoms with Gasteiger partial charge >= 0.3 is 5.97 Å². The summed E-state index contributed by atoms with van der Waals surface area (Å²) in [6.45, 7) is 1.74. The first kappa shape index (κ1) is 14.3. The highest BCUT2D eigenvalue weighted by Gasteiger charge is 2.21. The Bertz CT molecular complexity index is 852. The van der Waals surface area contributed by atoms with E-state index in [1.165, 1.54) is 11.3 Å². The van der Waals surface area contributed by atoms with Gasteiger partial charge in [0.15, 0.2) is 4.96 Å². The summed E-state index contributed by atoms with van der Waals surface area (Å²) >= 11 is 1.32. The van der Waals surface area contributed by atoms with Gasteiger partial charge in [-0.2, -0.15) is 0 Å². The van der Waals surface area contributed by atoms with Crippen molar-refractivity contribution < 1.29 is 14.7 Å². The number of aryl methyl sites for hydroxylation is 1. The standard InChI is InChI=1S/C15H13N3O3S/c1-9-13(14(21)17-10-5-3-2-4-6-10)18-11(7-12(19)20)8-22-15(18)16-9/h2-6,8H,7H2,1H3,(H,17,21)(H,19,20). The van der Waals surface area contributed by atoms with E-state index in [9.17, 15) is 9.59 Å². The van der Waals surface area contributed by atoms with E-state index in [-0.39, 0.29) is 12.3 Å². The zero-order valence-corrected chi connectivity index (χ0v) is 12.6. The maximum Gasteiger partial charge on any atom is 0.309 e. The van der Waals surface area contributed by atoms with Gasteiger partial charge in [0.25, 0.3) is 5.91 Å². The lowest BCUT2D eigenvalue weighted by Crippen LogP contribution is -2.17. The number of carbonyl (C=O) groups is 2. The second-order valence-corrected chi connectivity index (χ2v) is 5.62. The molecule has 0 aliphatic rings. The van der Waals surface area contributed by atoms with Crippen LogP contribution in [-0.2, 0) is 11.2 Å². The third-order valence-electron chi connectivity index (χ3n) is 3.19. The van der Waals surface area contributed by atoms with Crippen LogP contribution in [0.2, 0.25) is 0 Å². The van der Waals surface area contributed by atoms with Gasteiger partial charge in [-0.05, 0) is 19.1 Å². The minimum Gasteiger partial charge on any atom is -0.481 e. The lowest BCUT2D eigenvalue weighted by atomic mass is 10.2. The molecule has 112 valence electrons. The molecular weight excluding hydrogens is 302 g/mol. The molecule has 6 nitrogen and oxygen atoms in total. The topological polar surface area (TPSA) is 83.7 Å². The van der Waals surface area contributed by atoms with Crippen LogP contribution in [0.3, 0.4) is 0 Å². The summed E-state index contributed by atoms with van der Waals surface area (Å²) < 4.78 is 1.62. The molecule has 0 aliphatic heterocycles. The van der Waals surface area contributed by atoms with Crippen molar-refractivity contribution in [2.45, 2.75) is 13.3 Å². The third-order valence-corrected chi connectivity index (χ3v) is 4.06. The largest absolute Gasteiger partial charge is 0.481 e. The summed E-state index contributed by atoms with van der Waals surface area (Å²) in [6, 6.07) is 9.10. The quantitative estimate of drug-likeness (QED) is 0.775. The van der Waals surface area contributed by atoms with Crippen molar-refractivity contribution in [2.75, 3.05) is 5.32 Å². The van der Waals surface area contributed by atoms with Gasteiger partial charge in [-0.1, -0.05) is 18.2 Å². The van der Waals surface area contributed by atoms with Crippen molar-refractivity contribution in [1.29, 1.82) is 0 Å². The zero-order chi connectivity index (χ0) is 15.7. The van der Waals surface area contributed by atoms with Crippen molar-refractivity contribution >= 4 is 33.9 Å². The highest BCUT2D eigenvalue weighted by molar-refractivity contribution is 7.15. The predicted molar refractivity (Wildman–Crippen MR) is 83.5 cm³/mol. The number of carbonyl (C=O) groups excluding carboxylic acids is 1. The van der Waals surface area contributed by atoms with Crippen LogP contribution >= 0.6 is 11.3 Å². The molecule has 2 aromatic heterocycles. The summed E-state index contributed by atoms with van der Waals surface area (Å²) in [5.74, 6) is -1.25. The van der Waals surface area contributed by atoms with E-state index >= 15 is 0 Å². The van der Waals surface area contributed by atoms with E-state index in [0.717, 1.165) is 0 Å². The fraction of sp³-hybridized carbons (Fsp3) is 0.133. The van der Waals surface area contributed by atoms with E-state index in [4.69, 9.17) is 5.11 Å². The van der Waals surface area contributed by atoms with E-state index < -0.39 is 5.97 Å². The number of amides is 1. The number of nitrogens with zero attached hydrogens (tertiary/aromatic N) is 2. The van der Waals surface area contributed by atoms with Crippen LogP contribution in [-0.4, -0.2) is 26.4 Å². The normalized spacial score (nSPS) is 10.8. The Morgan fingerprint density at radius 2 is 2.05 bits per heavy atom. The van der Waals surface area contributed by atoms with Gasteiger partial charge in [-0.15, -0.1) is 11.3 Å². The van der Waals surface area contributed by atoms with Gasteiger partial charge in [0.05, 0.1) is 12.1 Å². The van der Waals surface area contributed by atoms with Crippen LogP contribution in [0.1, 0.15) is 21.9 Å². The molecule has 0 unspecified atom stereocenters. The van der Waals surface area contributed by atoms with Crippen LogP contribution < -0.4 is 5.32 Å². The Morgan fingerprint density at radius 3 is 2.73 bits per heavy atom. The molecule has 3 aromatic rings. The highest BCUT2D eigenvalue weighted by atomic mass is 32.1. The van der Waals surface area contributed by atoms with Crippen molar-refractivity contribution in [2.24, 2.45) is 0 Å². The number of fused-ring (bicyclic) bond motifs is 1. The number of nitrogens with one attached hydrogen (secondary N) is 1. The number of aromatic nitrogens is 2. The first-order valence-electron chi connectivity index (χ1n) is 6.60. The molecule has 1 aromatic carbocycles. The number of hydrogen-bond donors (Lipinski definition) is 2. The molecule has 3 rings (SSSR count). The molecule has 1 amide bonds. The molecule has 2 heterocycles. The number of benzene rings is 1. The average molecular weight is 315 g/mol.